The lowest BCUT2D eigenvalue weighted by molar-refractivity contribution is -0.387. The van der Waals surface area contributed by atoms with E-state index < -0.39 is 16.4 Å². The first-order valence-corrected chi connectivity index (χ1v) is 7.65. The summed E-state index contributed by atoms with van der Waals surface area (Å²) in [4.78, 5) is 12.3. The number of hydrogen-bond acceptors (Lipinski definition) is 3. The van der Waals surface area contributed by atoms with Crippen molar-refractivity contribution < 1.29 is 9.31 Å². The molecule has 0 N–H and O–H groups in total. The predicted molar refractivity (Wildman–Crippen MR) is 80.6 cm³/mol. The summed E-state index contributed by atoms with van der Waals surface area (Å²) >= 11 is 0. The first-order valence-electron chi connectivity index (χ1n) is 7.65. The van der Waals surface area contributed by atoms with Crippen molar-refractivity contribution in [2.24, 2.45) is 5.41 Å². The zero-order valence-electron chi connectivity index (χ0n) is 12.8. The predicted octanol–water partition coefficient (Wildman–Crippen LogP) is 4.14. The molecule has 1 saturated heterocycles. The van der Waals surface area contributed by atoms with E-state index in [1.54, 1.807) is 12.1 Å². The van der Waals surface area contributed by atoms with Gasteiger partial charge in [0.2, 0.25) is 5.82 Å². The minimum atomic E-state index is -0.690. The van der Waals surface area contributed by atoms with E-state index in [0.29, 0.717) is 17.5 Å². The Balaban J connectivity index is 2.04. The molecular weight excluding hydrogens is 271 g/mol. The summed E-state index contributed by atoms with van der Waals surface area (Å²) in [5, 5.41) is 10.8. The molecular formula is C16H23FN2O2. The number of nitro benzene ring substituents is 1. The third kappa shape index (κ3) is 3.40. The Hall–Kier alpha value is -1.49. The van der Waals surface area contributed by atoms with E-state index in [4.69, 9.17) is 0 Å². The average molecular weight is 294 g/mol. The Labute approximate surface area is 125 Å². The fourth-order valence-electron chi connectivity index (χ4n) is 3.21. The molecule has 5 heteroatoms. The molecule has 0 amide bonds. The van der Waals surface area contributed by atoms with Gasteiger partial charge in [0.15, 0.2) is 0 Å². The summed E-state index contributed by atoms with van der Waals surface area (Å²) < 4.78 is 14.1. The van der Waals surface area contributed by atoms with E-state index in [1.807, 2.05) is 0 Å². The van der Waals surface area contributed by atoms with Crippen LogP contribution in [0.5, 0.6) is 0 Å². The van der Waals surface area contributed by atoms with Gasteiger partial charge in [-0.1, -0.05) is 38.8 Å². The van der Waals surface area contributed by atoms with Crippen LogP contribution in [0.4, 0.5) is 10.1 Å². The smallest absolute Gasteiger partial charge is 0.299 e. The van der Waals surface area contributed by atoms with Gasteiger partial charge in [0.25, 0.3) is 0 Å². The van der Waals surface area contributed by atoms with E-state index in [9.17, 15) is 14.5 Å². The second-order valence-corrected chi connectivity index (χ2v) is 5.99. The molecule has 1 heterocycles. The van der Waals surface area contributed by atoms with Crippen molar-refractivity contribution in [1.29, 1.82) is 0 Å². The lowest BCUT2D eigenvalue weighted by Gasteiger charge is -2.41. The Morgan fingerprint density at radius 2 is 1.90 bits per heavy atom. The highest BCUT2D eigenvalue weighted by atomic mass is 19.1. The molecule has 4 nitrogen and oxygen atoms in total. The largest absolute Gasteiger partial charge is 0.305 e. The summed E-state index contributed by atoms with van der Waals surface area (Å²) in [6.45, 7) is 6.80. The van der Waals surface area contributed by atoms with Gasteiger partial charge in [-0.2, -0.15) is 4.39 Å². The normalized spacial score (nSPS) is 18.6. The Morgan fingerprint density at radius 3 is 2.43 bits per heavy atom. The molecule has 0 radical (unpaired) electrons. The van der Waals surface area contributed by atoms with Gasteiger partial charge in [0.1, 0.15) is 0 Å². The van der Waals surface area contributed by atoms with E-state index in [-0.39, 0.29) is 0 Å². The maximum atomic E-state index is 14.1. The first-order chi connectivity index (χ1) is 10.0. The van der Waals surface area contributed by atoms with Crippen LogP contribution in [-0.4, -0.2) is 22.9 Å². The molecule has 1 aromatic carbocycles. The van der Waals surface area contributed by atoms with Crippen LogP contribution >= 0.6 is 0 Å². The molecule has 0 bridgehead atoms. The first kappa shape index (κ1) is 15.9. The molecule has 1 fully saturated rings. The SMILES string of the molecule is CCC1(CC)CCN(Cc2cccc([N+](=O)[O-])c2F)CC1. The quantitative estimate of drug-likeness (QED) is 0.605. The fourth-order valence-corrected chi connectivity index (χ4v) is 3.21. The second kappa shape index (κ2) is 6.52. The lowest BCUT2D eigenvalue weighted by Crippen LogP contribution is -2.39. The Bertz CT molecular complexity index is 505. The maximum Gasteiger partial charge on any atom is 0.305 e. The molecule has 0 aliphatic carbocycles. The van der Waals surface area contributed by atoms with Gasteiger partial charge in [-0.05, 0) is 31.3 Å². The van der Waals surface area contributed by atoms with Gasteiger partial charge < -0.3 is 0 Å². The van der Waals surface area contributed by atoms with Crippen molar-refractivity contribution in [2.75, 3.05) is 13.1 Å². The summed E-state index contributed by atoms with van der Waals surface area (Å²) in [6, 6.07) is 4.42. The van der Waals surface area contributed by atoms with Crippen molar-refractivity contribution in [3.8, 4) is 0 Å². The summed E-state index contributed by atoms with van der Waals surface area (Å²) in [5.41, 5.74) is 0.420. The monoisotopic (exact) mass is 294 g/mol. The van der Waals surface area contributed by atoms with Crippen LogP contribution in [0, 0.1) is 21.3 Å². The zero-order chi connectivity index (χ0) is 15.5. The van der Waals surface area contributed by atoms with Crippen LogP contribution in [-0.2, 0) is 6.54 Å². The molecule has 0 spiro atoms. The van der Waals surface area contributed by atoms with Crippen LogP contribution in [0.3, 0.4) is 0 Å². The van der Waals surface area contributed by atoms with E-state index in [1.165, 1.54) is 18.9 Å². The van der Waals surface area contributed by atoms with Crippen LogP contribution in [0.25, 0.3) is 0 Å². The molecule has 0 unspecified atom stereocenters. The van der Waals surface area contributed by atoms with Gasteiger partial charge in [-0.15, -0.1) is 0 Å². The molecule has 1 aliphatic rings. The van der Waals surface area contributed by atoms with Crippen molar-refractivity contribution in [1.82, 2.24) is 4.90 Å². The number of likely N-dealkylation sites (tertiary alicyclic amines) is 1. The van der Waals surface area contributed by atoms with Crippen molar-refractivity contribution in [3.63, 3.8) is 0 Å². The van der Waals surface area contributed by atoms with Crippen molar-refractivity contribution in [3.05, 3.63) is 39.7 Å². The minimum Gasteiger partial charge on any atom is -0.299 e. The number of nitrogens with zero attached hydrogens (tertiary/aromatic N) is 2. The van der Waals surface area contributed by atoms with Crippen molar-refractivity contribution in [2.45, 2.75) is 46.1 Å². The van der Waals surface area contributed by atoms with Gasteiger partial charge in [-0.25, -0.2) is 0 Å². The van der Waals surface area contributed by atoms with Crippen LogP contribution < -0.4 is 0 Å². The number of piperidine rings is 1. The molecule has 0 saturated carbocycles. The second-order valence-electron chi connectivity index (χ2n) is 5.99. The number of hydrogen-bond donors (Lipinski definition) is 0. The third-order valence-corrected chi connectivity index (χ3v) is 5.07. The number of nitro groups is 1. The third-order valence-electron chi connectivity index (χ3n) is 5.07. The van der Waals surface area contributed by atoms with Crippen LogP contribution in [0.1, 0.15) is 45.1 Å². The highest BCUT2D eigenvalue weighted by molar-refractivity contribution is 5.36. The minimum absolute atomic E-state index is 0.421. The van der Waals surface area contributed by atoms with Gasteiger partial charge >= 0.3 is 5.69 Å². The van der Waals surface area contributed by atoms with Crippen molar-refractivity contribution >= 4 is 5.69 Å². The van der Waals surface area contributed by atoms with Gasteiger partial charge in [0.05, 0.1) is 4.92 Å². The lowest BCUT2D eigenvalue weighted by atomic mass is 9.74. The van der Waals surface area contributed by atoms with E-state index >= 15 is 0 Å². The zero-order valence-corrected chi connectivity index (χ0v) is 12.8. The molecule has 1 aliphatic heterocycles. The molecule has 0 atom stereocenters. The summed E-state index contributed by atoms with van der Waals surface area (Å²) in [7, 11) is 0. The Kier molecular flexibility index (Phi) is 4.93. The molecule has 1 aromatic rings. The molecule has 0 aromatic heterocycles. The maximum absolute atomic E-state index is 14.1. The molecule has 2 rings (SSSR count). The van der Waals surface area contributed by atoms with E-state index in [2.05, 4.69) is 18.7 Å². The highest BCUT2D eigenvalue weighted by Crippen LogP contribution is 2.38. The molecule has 21 heavy (non-hydrogen) atoms. The Morgan fingerprint density at radius 1 is 1.29 bits per heavy atom. The number of halogens is 1. The highest BCUT2D eigenvalue weighted by Gasteiger charge is 2.31. The fraction of sp³-hybridized carbons (Fsp3) is 0.625. The van der Waals surface area contributed by atoms with E-state index in [0.717, 1.165) is 25.9 Å². The summed E-state index contributed by atoms with van der Waals surface area (Å²) in [5.74, 6) is -0.690. The number of rotatable bonds is 5. The summed E-state index contributed by atoms with van der Waals surface area (Å²) in [6.07, 6.45) is 4.61. The van der Waals surface area contributed by atoms with Crippen LogP contribution in [0.15, 0.2) is 18.2 Å². The number of benzene rings is 1. The van der Waals surface area contributed by atoms with Gasteiger partial charge in [0, 0.05) is 18.2 Å². The molecule has 116 valence electrons. The topological polar surface area (TPSA) is 46.4 Å². The van der Waals surface area contributed by atoms with Crippen LogP contribution in [0.2, 0.25) is 0 Å². The standard InChI is InChI=1S/C16H23FN2O2/c1-3-16(4-2)8-10-18(11-9-16)12-13-6-5-7-14(15(13)17)19(20)21/h5-7H,3-4,8-12H2,1-2H3. The average Bonchev–Trinajstić information content (AvgIpc) is 2.50. The van der Waals surface area contributed by atoms with Gasteiger partial charge in [-0.3, -0.25) is 15.0 Å².